The van der Waals surface area contributed by atoms with Gasteiger partial charge < -0.3 is 38.9 Å². The first kappa shape index (κ1) is 76.7. The van der Waals surface area contributed by atoms with Crippen molar-refractivity contribution in [2.45, 2.75) is 27.7 Å². The average molecular weight is 1650 g/mol. The third kappa shape index (κ3) is 14.1. The Morgan fingerprint density at radius 3 is 1.04 bits per heavy atom. The minimum atomic E-state index is -0.421. The number of aromatic nitrogens is 8. The number of nitrogens with one attached hydrogen (secondary N) is 4. The summed E-state index contributed by atoms with van der Waals surface area (Å²) in [5, 5.41) is 3.80. The number of rotatable bonds is 12. The first-order valence-electron chi connectivity index (χ1n) is 40.4. The lowest BCUT2D eigenvalue weighted by molar-refractivity contribution is 0.0517. The lowest BCUT2D eigenvalue weighted by atomic mass is 10.0. The van der Waals surface area contributed by atoms with E-state index in [1.807, 2.05) is 212 Å². The number of carbonyl (C=O) groups excluding carboxylic acids is 4. The van der Waals surface area contributed by atoms with Crippen molar-refractivity contribution < 1.29 is 38.1 Å². The van der Waals surface area contributed by atoms with Crippen LogP contribution in [0.15, 0.2) is 228 Å². The van der Waals surface area contributed by atoms with E-state index >= 15 is 9.59 Å². The molecule has 4 aliphatic heterocycles. The third-order valence-corrected chi connectivity index (χ3v) is 24.5. The number of carbonyl (C=O) groups is 4. The van der Waals surface area contributed by atoms with E-state index in [4.69, 9.17) is 38.9 Å². The van der Waals surface area contributed by atoms with Gasteiger partial charge in [0.2, 0.25) is 10.9 Å². The maximum Gasteiger partial charge on any atom is 0.338 e. The molecule has 12 heterocycles. The molecule has 0 spiro atoms. The zero-order chi connectivity index (χ0) is 84.4. The summed E-state index contributed by atoms with van der Waals surface area (Å²) in [6.07, 6.45) is 15.7. The Hall–Kier alpha value is -16.0. The Morgan fingerprint density at radius 2 is 0.637 bits per heavy atom. The second-order valence-electron chi connectivity index (χ2n) is 29.6. The van der Waals surface area contributed by atoms with Crippen molar-refractivity contribution in [2.24, 2.45) is 0 Å². The molecule has 0 fully saturated rings. The standard InChI is InChI=1S/C104H68N8O10S2/c1-5-119-101(115)63-23-15-59(16-24-63)91-81-42-35-67(105-81)55-68-36-43-82(106-68)92(60-17-25-64(26-18-60)102(116)120-6-2)86-51-47-78(110-86)73(77-46-50-85(91)109-77)39-31-57-33-41-76-96-72(57)12-10-14-89(96)123-100(98(76)114)99-97(113)75-13-9-11-71-58(34-54-90(124-99)95(71)75)32-40-74-79-48-52-87(111-79)93(61-19-27-65(28-20-61)103(117)121-7-3)83-44-37-69(107-83)56-70-38-45-84(108-70)94(88-53-49-80(74)112-88)62-21-29-66(30-22-62)104(118)122-8-4/h9-30,33-38,41-56,105,107,110,112H,5-8H2,1-4H3/b67-55?,68-55?,69-56?,70-56?,77-73?,78-73?,79-74?,80-74?,91-81?,91-85?,92-82?,92-86?,93-83?,93-87?,94-84?,94-88?,100-99+. The number of ether oxygens (including phenoxy) is 4. The fourth-order valence-electron chi connectivity index (χ4n) is 16.3. The molecule has 0 aliphatic carbocycles. The number of hydrogen-bond donors (Lipinski definition) is 4. The first-order chi connectivity index (χ1) is 60.7. The summed E-state index contributed by atoms with van der Waals surface area (Å²) in [6.45, 7) is 8.06. The molecule has 0 saturated heterocycles. The second-order valence-corrected chi connectivity index (χ2v) is 31.7. The highest BCUT2D eigenvalue weighted by molar-refractivity contribution is 7.20. The van der Waals surface area contributed by atoms with Crippen LogP contribution in [-0.2, 0) is 18.9 Å². The number of nitrogens with zero attached hydrogens (tertiary/aromatic N) is 4. The molecule has 0 unspecified atom stereocenters. The Balaban J connectivity index is 0.725. The van der Waals surface area contributed by atoms with Crippen LogP contribution in [0.1, 0.15) is 137 Å². The molecule has 20 rings (SSSR count). The zero-order valence-electron chi connectivity index (χ0n) is 66.9. The number of aromatic amines is 4. The summed E-state index contributed by atoms with van der Waals surface area (Å²) in [7, 11) is 0. The summed E-state index contributed by atoms with van der Waals surface area (Å²) < 4.78 is 23.6. The Kier molecular flexibility index (Phi) is 19.7. The Bertz CT molecular complexity index is 7640. The van der Waals surface area contributed by atoms with Gasteiger partial charge >= 0.3 is 23.9 Å². The van der Waals surface area contributed by atoms with Gasteiger partial charge in [-0.1, -0.05) is 103 Å². The maximum atomic E-state index is 15.5. The molecule has 18 nitrogen and oxygen atoms in total. The van der Waals surface area contributed by atoms with Gasteiger partial charge in [-0.05, 0) is 249 Å². The first-order valence-corrected chi connectivity index (χ1v) is 42.0. The van der Waals surface area contributed by atoms with Crippen LogP contribution in [0.3, 0.4) is 0 Å². The second kappa shape index (κ2) is 31.9. The molecule has 20 heteroatoms. The van der Waals surface area contributed by atoms with Crippen LogP contribution < -0.4 is 10.9 Å². The molecule has 596 valence electrons. The topological polar surface area (TPSA) is 254 Å². The molecule has 8 aromatic carbocycles. The van der Waals surface area contributed by atoms with Crippen LogP contribution >= 0.6 is 22.7 Å². The van der Waals surface area contributed by atoms with E-state index in [9.17, 15) is 19.2 Å². The van der Waals surface area contributed by atoms with Crippen LogP contribution in [0.2, 0.25) is 0 Å². The lowest BCUT2D eigenvalue weighted by Gasteiger charge is -2.08. The minimum absolute atomic E-state index is 0.241. The highest BCUT2D eigenvalue weighted by Crippen LogP contribution is 2.40. The molecule has 0 saturated carbocycles. The number of hydrogen-bond acceptors (Lipinski definition) is 16. The molecule has 16 aromatic rings. The van der Waals surface area contributed by atoms with Crippen LogP contribution in [0, 0.1) is 32.7 Å². The van der Waals surface area contributed by atoms with E-state index in [2.05, 4.69) is 43.6 Å². The maximum absolute atomic E-state index is 15.5. The van der Waals surface area contributed by atoms with Crippen molar-refractivity contribution in [3.63, 3.8) is 0 Å². The highest BCUT2D eigenvalue weighted by Gasteiger charge is 2.23. The van der Waals surface area contributed by atoms with Crippen LogP contribution in [0.5, 0.6) is 0 Å². The monoisotopic (exact) mass is 1650 g/mol. The summed E-state index contributed by atoms with van der Waals surface area (Å²) in [6, 6.07) is 68.1. The van der Waals surface area contributed by atoms with E-state index in [1.54, 1.807) is 82.3 Å². The van der Waals surface area contributed by atoms with Gasteiger partial charge in [0.15, 0.2) is 0 Å². The van der Waals surface area contributed by atoms with Crippen LogP contribution in [0.4, 0.5) is 0 Å². The largest absolute Gasteiger partial charge is 0.462 e. The van der Waals surface area contributed by atoms with Gasteiger partial charge in [-0.2, -0.15) is 0 Å². The van der Waals surface area contributed by atoms with E-state index in [0.29, 0.717) is 132 Å². The molecule has 4 aliphatic rings. The lowest BCUT2D eigenvalue weighted by Crippen LogP contribution is -2.09. The predicted molar refractivity (Wildman–Crippen MR) is 495 cm³/mol. The van der Waals surface area contributed by atoms with Crippen molar-refractivity contribution >= 4 is 181 Å². The van der Waals surface area contributed by atoms with E-state index in [0.717, 1.165) is 97.8 Å². The highest BCUT2D eigenvalue weighted by atomic mass is 32.1. The van der Waals surface area contributed by atoms with Gasteiger partial charge in [0.25, 0.3) is 0 Å². The summed E-state index contributed by atoms with van der Waals surface area (Å²) >= 11 is 2.56. The Morgan fingerprint density at radius 1 is 0.315 bits per heavy atom. The summed E-state index contributed by atoms with van der Waals surface area (Å²) in [4.78, 5) is 118. The van der Waals surface area contributed by atoms with Crippen LogP contribution in [-0.4, -0.2) is 90.2 Å². The molecule has 0 radical (unpaired) electrons. The smallest absolute Gasteiger partial charge is 0.338 e. The number of esters is 4. The molecule has 0 amide bonds. The van der Waals surface area contributed by atoms with Crippen molar-refractivity contribution in [1.29, 1.82) is 0 Å². The van der Waals surface area contributed by atoms with E-state index in [-0.39, 0.29) is 37.3 Å². The van der Waals surface area contributed by atoms with Gasteiger partial charge in [0.1, 0.15) is 0 Å². The SMILES string of the molecule is CCOC(=O)c1ccc(-c2c3nc(c(C#Cc4ccc5s/c(=c6/sc7cccc8c(C#Cc9c%10nc(c(-c%11ccc(C(=O)OCC)cc%11)c%11ccc(cc%12nc(c(-c%13ccc(C(=O)OCC)cc%13)c%13ccc9[nH]%13)C=C%12)[nH]%11)C=C%10)ccc(c6=O)c78)c(=O)c6cccc4c56)c4ccc([nH]4)c(-c4ccc(C(=O)OCC)cc4)c4nc(cc5ccc2[nH]5)C=C4)C=C3)cc1. The number of fused-ring (bicyclic) bond motifs is 16. The quantitative estimate of drug-likeness (QED) is 0.0504. The summed E-state index contributed by atoms with van der Waals surface area (Å²) in [5.74, 6) is 12.6. The van der Waals surface area contributed by atoms with E-state index in [1.165, 1.54) is 22.7 Å². The van der Waals surface area contributed by atoms with E-state index < -0.39 is 23.9 Å². The van der Waals surface area contributed by atoms with Gasteiger partial charge in [-0.15, -0.1) is 22.7 Å². The van der Waals surface area contributed by atoms with Crippen molar-refractivity contribution in [1.82, 2.24) is 39.9 Å². The van der Waals surface area contributed by atoms with Crippen molar-refractivity contribution in [3.05, 3.63) is 338 Å². The fourth-order valence-corrected chi connectivity index (χ4v) is 18.7. The van der Waals surface area contributed by atoms with Crippen molar-refractivity contribution in [3.8, 4) is 68.2 Å². The van der Waals surface area contributed by atoms with Gasteiger partial charge in [-0.3, -0.25) is 9.59 Å². The predicted octanol–water partition coefficient (Wildman–Crippen LogP) is 22.0. The molecule has 4 N–H and O–H groups in total. The molecule has 8 aromatic heterocycles. The van der Waals surface area contributed by atoms with Crippen molar-refractivity contribution in [2.75, 3.05) is 26.4 Å². The molecule has 0 atom stereocenters. The zero-order valence-corrected chi connectivity index (χ0v) is 68.6. The molecule has 16 bridgehead atoms. The average Bonchev–Trinajstić information content (AvgIpc) is 1.02. The third-order valence-electron chi connectivity index (χ3n) is 22.1. The number of benzene rings is 8. The van der Waals surface area contributed by atoms with Gasteiger partial charge in [0, 0.05) is 97.4 Å². The minimum Gasteiger partial charge on any atom is -0.462 e. The molecular formula is C104H68N8O10S2. The van der Waals surface area contributed by atoms with Crippen LogP contribution in [0.25, 0.3) is 179 Å². The normalized spacial score (nSPS) is 12.2. The molecular weight excluding hydrogens is 1590 g/mol. The number of H-pyrrole nitrogens is 4. The molecule has 124 heavy (non-hydrogen) atoms. The summed E-state index contributed by atoms with van der Waals surface area (Å²) in [5.41, 5.74) is 20.9. The van der Waals surface area contributed by atoms with Gasteiger partial charge in [-0.25, -0.2) is 39.1 Å². The fraction of sp³-hybridized carbons (Fsp3) is 0.0769. The Labute approximate surface area is 714 Å². The van der Waals surface area contributed by atoms with Gasteiger partial charge in [0.05, 0.1) is 125 Å².